The number of rotatable bonds is 4. The van der Waals surface area contributed by atoms with Crippen molar-refractivity contribution in [1.29, 1.82) is 0 Å². The lowest BCUT2D eigenvalue weighted by Gasteiger charge is -2.25. The number of nitrogens with one attached hydrogen (secondary N) is 1. The third-order valence-electron chi connectivity index (χ3n) is 2.72. The fourth-order valence-corrected chi connectivity index (χ4v) is 1.33. The third kappa shape index (κ3) is 3.61. The van der Waals surface area contributed by atoms with E-state index in [-0.39, 0.29) is 0 Å². The number of anilines is 1. The van der Waals surface area contributed by atoms with Gasteiger partial charge in [-0.2, -0.15) is 0 Å². The van der Waals surface area contributed by atoms with Gasteiger partial charge in [0.25, 0.3) is 0 Å². The van der Waals surface area contributed by atoms with Gasteiger partial charge in [-0.3, -0.25) is 4.90 Å². The van der Waals surface area contributed by atoms with Crippen LogP contribution in [0.5, 0.6) is 5.75 Å². The number of amides is 2. The predicted molar refractivity (Wildman–Crippen MR) is 71.6 cm³/mol. The number of carboxylic acids is 1. The summed E-state index contributed by atoms with van der Waals surface area (Å²) in [6, 6.07) is 6.39. The van der Waals surface area contributed by atoms with E-state index in [1.165, 1.54) is 18.7 Å². The van der Waals surface area contributed by atoms with Crippen LogP contribution in [0.25, 0.3) is 0 Å². The number of hydrogen-bond acceptors (Lipinski definition) is 3. The van der Waals surface area contributed by atoms with Gasteiger partial charge in [0, 0.05) is 12.7 Å². The fraction of sp³-hybridized carbons (Fsp3) is 0.385. The molecule has 0 bridgehead atoms. The van der Waals surface area contributed by atoms with E-state index in [2.05, 4.69) is 5.32 Å². The summed E-state index contributed by atoms with van der Waals surface area (Å²) in [6.07, 6.45) is 0. The summed E-state index contributed by atoms with van der Waals surface area (Å²) < 4.78 is 5.02. The molecule has 104 valence electrons. The van der Waals surface area contributed by atoms with Gasteiger partial charge >= 0.3 is 12.0 Å². The summed E-state index contributed by atoms with van der Waals surface area (Å²) >= 11 is 0. The molecular formula is C13H18N2O4. The molecule has 0 aliphatic rings. The number of benzene rings is 1. The highest BCUT2D eigenvalue weighted by Gasteiger charge is 2.30. The number of carbonyl (C=O) groups excluding carboxylic acids is 1. The Kier molecular flexibility index (Phi) is 4.37. The molecule has 0 aromatic heterocycles. The highest BCUT2D eigenvalue weighted by Crippen LogP contribution is 2.18. The van der Waals surface area contributed by atoms with Crippen LogP contribution in [0.2, 0.25) is 0 Å². The molecular weight excluding hydrogens is 248 g/mol. The molecule has 0 heterocycles. The largest absolute Gasteiger partial charge is 0.497 e. The van der Waals surface area contributed by atoms with Crippen molar-refractivity contribution in [3.05, 3.63) is 24.3 Å². The molecule has 6 heteroatoms. The molecule has 1 aromatic rings. The maximum atomic E-state index is 11.9. The van der Waals surface area contributed by atoms with Crippen LogP contribution in [0.15, 0.2) is 24.3 Å². The second kappa shape index (κ2) is 5.60. The van der Waals surface area contributed by atoms with Crippen molar-refractivity contribution < 1.29 is 19.4 Å². The van der Waals surface area contributed by atoms with Crippen LogP contribution in [0.4, 0.5) is 10.5 Å². The standard InChI is InChI=1S/C13H18N2O4/c1-13(2,11(16)17)14-12(18)15(3)9-5-7-10(19-4)8-6-9/h5-8H,1-4H3,(H,14,18)(H,16,17). The van der Waals surface area contributed by atoms with E-state index in [9.17, 15) is 9.59 Å². The van der Waals surface area contributed by atoms with Crippen LogP contribution in [-0.2, 0) is 4.79 Å². The molecule has 1 aromatic carbocycles. The molecule has 6 nitrogen and oxygen atoms in total. The normalized spacial score (nSPS) is 10.7. The minimum Gasteiger partial charge on any atom is -0.497 e. The zero-order valence-corrected chi connectivity index (χ0v) is 11.4. The van der Waals surface area contributed by atoms with E-state index in [0.717, 1.165) is 0 Å². The Morgan fingerprint density at radius 3 is 2.21 bits per heavy atom. The lowest BCUT2D eigenvalue weighted by molar-refractivity contribution is -0.142. The molecule has 2 amide bonds. The Balaban J connectivity index is 2.79. The summed E-state index contributed by atoms with van der Waals surface area (Å²) in [5.74, 6) is -0.410. The molecule has 0 atom stereocenters. The van der Waals surface area contributed by atoms with Gasteiger partial charge in [0.1, 0.15) is 11.3 Å². The first-order valence-electron chi connectivity index (χ1n) is 5.71. The number of nitrogens with zero attached hydrogens (tertiary/aromatic N) is 1. The maximum Gasteiger partial charge on any atom is 0.328 e. The summed E-state index contributed by atoms with van der Waals surface area (Å²) in [4.78, 5) is 24.2. The van der Waals surface area contributed by atoms with Crippen molar-refractivity contribution in [2.45, 2.75) is 19.4 Å². The number of ether oxygens (including phenoxy) is 1. The van der Waals surface area contributed by atoms with Crippen LogP contribution in [0.1, 0.15) is 13.8 Å². The summed E-state index contributed by atoms with van der Waals surface area (Å²) in [5, 5.41) is 11.4. The average molecular weight is 266 g/mol. The first kappa shape index (κ1) is 14.8. The van der Waals surface area contributed by atoms with E-state index in [1.807, 2.05) is 0 Å². The van der Waals surface area contributed by atoms with Gasteiger partial charge in [-0.25, -0.2) is 9.59 Å². The monoisotopic (exact) mass is 266 g/mol. The molecule has 0 saturated heterocycles. The van der Waals surface area contributed by atoms with Gasteiger partial charge in [0.05, 0.1) is 7.11 Å². The van der Waals surface area contributed by atoms with Crippen LogP contribution in [-0.4, -0.2) is 36.8 Å². The quantitative estimate of drug-likeness (QED) is 0.869. The van der Waals surface area contributed by atoms with E-state index in [0.29, 0.717) is 11.4 Å². The van der Waals surface area contributed by atoms with Crippen molar-refractivity contribution in [1.82, 2.24) is 5.32 Å². The van der Waals surface area contributed by atoms with E-state index in [4.69, 9.17) is 9.84 Å². The first-order chi connectivity index (χ1) is 8.77. The molecule has 0 radical (unpaired) electrons. The Morgan fingerprint density at radius 2 is 1.79 bits per heavy atom. The number of aliphatic carboxylic acids is 1. The first-order valence-corrected chi connectivity index (χ1v) is 5.71. The van der Waals surface area contributed by atoms with Crippen molar-refractivity contribution >= 4 is 17.7 Å². The highest BCUT2D eigenvalue weighted by molar-refractivity contribution is 5.95. The van der Waals surface area contributed by atoms with Gasteiger partial charge in [-0.1, -0.05) is 0 Å². The number of carbonyl (C=O) groups is 2. The lowest BCUT2D eigenvalue weighted by Crippen LogP contribution is -2.53. The Hall–Kier alpha value is -2.24. The van der Waals surface area contributed by atoms with Crippen molar-refractivity contribution in [2.24, 2.45) is 0 Å². The molecule has 0 spiro atoms. The fourth-order valence-electron chi connectivity index (χ4n) is 1.33. The second-order valence-electron chi connectivity index (χ2n) is 4.62. The molecule has 19 heavy (non-hydrogen) atoms. The average Bonchev–Trinajstić information content (AvgIpc) is 2.37. The van der Waals surface area contributed by atoms with Crippen molar-refractivity contribution in [3.63, 3.8) is 0 Å². The Labute approximate surface area is 112 Å². The summed E-state index contributed by atoms with van der Waals surface area (Å²) in [6.45, 7) is 2.85. The Morgan fingerprint density at radius 1 is 1.26 bits per heavy atom. The smallest absolute Gasteiger partial charge is 0.328 e. The van der Waals surface area contributed by atoms with E-state index >= 15 is 0 Å². The van der Waals surface area contributed by atoms with Crippen LogP contribution in [0.3, 0.4) is 0 Å². The topological polar surface area (TPSA) is 78.9 Å². The number of methoxy groups -OCH3 is 1. The van der Waals surface area contributed by atoms with Crippen molar-refractivity contribution in [2.75, 3.05) is 19.1 Å². The molecule has 1 rings (SSSR count). The number of carboxylic acid groups (broad SMARTS) is 1. The number of urea groups is 1. The molecule has 0 fully saturated rings. The SMILES string of the molecule is COc1ccc(N(C)C(=O)NC(C)(C)C(=O)O)cc1. The third-order valence-corrected chi connectivity index (χ3v) is 2.72. The second-order valence-corrected chi connectivity index (χ2v) is 4.62. The summed E-state index contributed by atoms with van der Waals surface area (Å²) in [7, 11) is 3.12. The minimum absolute atomic E-state index is 0.488. The lowest BCUT2D eigenvalue weighted by atomic mass is 10.1. The zero-order chi connectivity index (χ0) is 14.6. The van der Waals surface area contributed by atoms with Gasteiger partial charge in [0.15, 0.2) is 0 Å². The van der Waals surface area contributed by atoms with Gasteiger partial charge in [-0.15, -0.1) is 0 Å². The van der Waals surface area contributed by atoms with E-state index in [1.54, 1.807) is 38.4 Å². The highest BCUT2D eigenvalue weighted by atomic mass is 16.5. The van der Waals surface area contributed by atoms with E-state index < -0.39 is 17.5 Å². The van der Waals surface area contributed by atoms with Crippen LogP contribution in [0, 0.1) is 0 Å². The van der Waals surface area contributed by atoms with Crippen LogP contribution < -0.4 is 15.0 Å². The molecule has 0 aliphatic carbocycles. The number of hydrogen-bond donors (Lipinski definition) is 2. The molecule has 0 unspecified atom stereocenters. The van der Waals surface area contributed by atoms with Gasteiger partial charge < -0.3 is 15.2 Å². The Bertz CT molecular complexity index is 468. The zero-order valence-electron chi connectivity index (χ0n) is 11.4. The molecule has 0 saturated carbocycles. The van der Waals surface area contributed by atoms with Gasteiger partial charge in [0.2, 0.25) is 0 Å². The minimum atomic E-state index is -1.32. The maximum absolute atomic E-state index is 11.9. The van der Waals surface area contributed by atoms with Crippen molar-refractivity contribution in [3.8, 4) is 5.75 Å². The van der Waals surface area contributed by atoms with Crippen LogP contribution >= 0.6 is 0 Å². The van der Waals surface area contributed by atoms with Gasteiger partial charge in [-0.05, 0) is 38.1 Å². The summed E-state index contributed by atoms with van der Waals surface area (Å²) in [5.41, 5.74) is -0.683. The predicted octanol–water partition coefficient (Wildman–Crippen LogP) is 1.70. The molecule has 2 N–H and O–H groups in total. The molecule has 0 aliphatic heterocycles.